The van der Waals surface area contributed by atoms with Crippen molar-refractivity contribution in [3.05, 3.63) is 30.6 Å². The zero-order chi connectivity index (χ0) is 15.0. The number of hydrogen-bond acceptors (Lipinski definition) is 5. The number of aromatic nitrogens is 2. The molecule has 108 valence electrons. The molecule has 2 aromatic rings. The second-order valence-corrected chi connectivity index (χ2v) is 5.36. The van der Waals surface area contributed by atoms with Crippen LogP contribution in [0.25, 0.3) is 11.0 Å². The fourth-order valence-electron chi connectivity index (χ4n) is 2.56. The van der Waals surface area contributed by atoms with Crippen LogP contribution in [0.5, 0.6) is 0 Å². The maximum absolute atomic E-state index is 12.2. The number of fused-ring (bicyclic) bond motifs is 1. The van der Waals surface area contributed by atoms with E-state index >= 15 is 0 Å². The maximum Gasteiger partial charge on any atom is 0.252 e. The lowest BCUT2D eigenvalue weighted by Crippen LogP contribution is -2.39. The predicted molar refractivity (Wildman–Crippen MR) is 78.6 cm³/mol. The molecule has 1 aliphatic heterocycles. The van der Waals surface area contributed by atoms with Crippen molar-refractivity contribution in [2.24, 2.45) is 0 Å². The minimum absolute atomic E-state index is 0.112. The van der Waals surface area contributed by atoms with Gasteiger partial charge < -0.3 is 5.32 Å². The van der Waals surface area contributed by atoms with Gasteiger partial charge >= 0.3 is 0 Å². The first-order valence-corrected chi connectivity index (χ1v) is 6.89. The summed E-state index contributed by atoms with van der Waals surface area (Å²) < 4.78 is 0. The highest BCUT2D eigenvalue weighted by molar-refractivity contribution is 6.07. The molecular formula is C15H16N4O2. The molecule has 1 atom stereocenters. The first-order valence-electron chi connectivity index (χ1n) is 6.89. The van der Waals surface area contributed by atoms with Crippen LogP contribution in [-0.4, -0.2) is 38.8 Å². The second-order valence-electron chi connectivity index (χ2n) is 5.36. The molecule has 6 heteroatoms. The van der Waals surface area contributed by atoms with Crippen LogP contribution >= 0.6 is 0 Å². The van der Waals surface area contributed by atoms with E-state index in [1.807, 2.05) is 32.0 Å². The van der Waals surface area contributed by atoms with Gasteiger partial charge in [-0.25, -0.2) is 0 Å². The van der Waals surface area contributed by atoms with Crippen LogP contribution < -0.4 is 5.32 Å². The number of amides is 2. The van der Waals surface area contributed by atoms with Crippen molar-refractivity contribution < 1.29 is 9.59 Å². The third-order valence-corrected chi connectivity index (χ3v) is 3.51. The average molecular weight is 284 g/mol. The lowest BCUT2D eigenvalue weighted by molar-refractivity contribution is -0.140. The Morgan fingerprint density at radius 2 is 1.90 bits per heavy atom. The maximum atomic E-state index is 12.2. The summed E-state index contributed by atoms with van der Waals surface area (Å²) in [5.74, 6) is -0.303. The van der Waals surface area contributed by atoms with Gasteiger partial charge in [0.2, 0.25) is 5.91 Å². The Bertz CT molecular complexity index is 714. The van der Waals surface area contributed by atoms with Gasteiger partial charge in [0.25, 0.3) is 5.91 Å². The number of nitrogens with one attached hydrogen (secondary N) is 1. The van der Waals surface area contributed by atoms with Crippen LogP contribution in [0.15, 0.2) is 30.6 Å². The number of carbonyl (C=O) groups excluding carboxylic acids is 2. The van der Waals surface area contributed by atoms with E-state index in [9.17, 15) is 9.59 Å². The molecule has 2 heterocycles. The molecule has 1 aliphatic rings. The van der Waals surface area contributed by atoms with E-state index < -0.39 is 6.04 Å². The Balaban J connectivity index is 1.82. The van der Waals surface area contributed by atoms with Crippen molar-refractivity contribution in [1.82, 2.24) is 14.9 Å². The van der Waals surface area contributed by atoms with Crippen LogP contribution in [0.3, 0.4) is 0 Å². The van der Waals surface area contributed by atoms with Crippen molar-refractivity contribution >= 4 is 28.5 Å². The highest BCUT2D eigenvalue weighted by Crippen LogP contribution is 2.22. The molecule has 1 aromatic heterocycles. The highest BCUT2D eigenvalue weighted by atomic mass is 16.2. The van der Waals surface area contributed by atoms with Gasteiger partial charge in [-0.15, -0.1) is 0 Å². The van der Waals surface area contributed by atoms with E-state index in [1.165, 1.54) is 4.90 Å². The van der Waals surface area contributed by atoms with Gasteiger partial charge in [-0.2, -0.15) is 0 Å². The average Bonchev–Trinajstić information content (AvgIpc) is 2.73. The standard InChI is InChI=1S/C15H16N4O2/c1-9(2)19-14(20)8-13(15(19)21)18-10-3-4-11-12(7-10)17-6-5-16-11/h3-7,9,13,18H,8H2,1-2H3. The van der Waals surface area contributed by atoms with Crippen LogP contribution in [0.1, 0.15) is 20.3 Å². The number of benzene rings is 1. The number of carbonyl (C=O) groups is 2. The molecular weight excluding hydrogens is 268 g/mol. The van der Waals surface area contributed by atoms with Crippen molar-refractivity contribution in [2.75, 3.05) is 5.32 Å². The molecule has 1 unspecified atom stereocenters. The number of imide groups is 1. The summed E-state index contributed by atoms with van der Waals surface area (Å²) >= 11 is 0. The quantitative estimate of drug-likeness (QED) is 0.866. The SMILES string of the molecule is CC(C)N1C(=O)CC(Nc2ccc3nccnc3c2)C1=O. The third kappa shape index (κ3) is 2.44. The topological polar surface area (TPSA) is 75.2 Å². The lowest BCUT2D eigenvalue weighted by Gasteiger charge is -2.19. The second kappa shape index (κ2) is 5.12. The van der Waals surface area contributed by atoms with E-state index in [1.54, 1.807) is 12.4 Å². The van der Waals surface area contributed by atoms with Gasteiger partial charge in [0.1, 0.15) is 6.04 Å². The molecule has 1 fully saturated rings. The minimum atomic E-state index is -0.506. The van der Waals surface area contributed by atoms with Crippen LogP contribution in [0.2, 0.25) is 0 Å². The van der Waals surface area contributed by atoms with E-state index in [0.29, 0.717) is 0 Å². The van der Waals surface area contributed by atoms with Crippen LogP contribution in [0, 0.1) is 0 Å². The summed E-state index contributed by atoms with van der Waals surface area (Å²) in [6.07, 6.45) is 3.45. The normalized spacial score (nSPS) is 18.8. The Morgan fingerprint density at radius 1 is 1.19 bits per heavy atom. The summed E-state index contributed by atoms with van der Waals surface area (Å²) in [5, 5.41) is 3.12. The van der Waals surface area contributed by atoms with E-state index in [2.05, 4.69) is 15.3 Å². The first-order chi connectivity index (χ1) is 10.1. The molecule has 0 radical (unpaired) electrons. The van der Waals surface area contributed by atoms with E-state index in [4.69, 9.17) is 0 Å². The zero-order valence-electron chi connectivity index (χ0n) is 11.9. The minimum Gasteiger partial charge on any atom is -0.373 e. The molecule has 21 heavy (non-hydrogen) atoms. The number of anilines is 1. The summed E-state index contributed by atoms with van der Waals surface area (Å²) in [7, 11) is 0. The van der Waals surface area contributed by atoms with Gasteiger partial charge in [0.15, 0.2) is 0 Å². The van der Waals surface area contributed by atoms with Crippen molar-refractivity contribution in [1.29, 1.82) is 0 Å². The van der Waals surface area contributed by atoms with Crippen molar-refractivity contribution in [3.8, 4) is 0 Å². The summed E-state index contributed by atoms with van der Waals surface area (Å²) in [5.41, 5.74) is 2.31. The predicted octanol–water partition coefficient (Wildman–Crippen LogP) is 1.58. The largest absolute Gasteiger partial charge is 0.373 e. The number of rotatable bonds is 3. The van der Waals surface area contributed by atoms with Gasteiger partial charge in [0.05, 0.1) is 17.5 Å². The third-order valence-electron chi connectivity index (χ3n) is 3.51. The van der Waals surface area contributed by atoms with Crippen molar-refractivity contribution in [2.45, 2.75) is 32.4 Å². The molecule has 1 saturated heterocycles. The molecule has 1 aromatic carbocycles. The molecule has 0 saturated carbocycles. The molecule has 0 aliphatic carbocycles. The molecule has 0 spiro atoms. The van der Waals surface area contributed by atoms with Gasteiger partial charge in [0, 0.05) is 24.1 Å². The Kier molecular flexibility index (Phi) is 3.29. The summed E-state index contributed by atoms with van der Waals surface area (Å²) in [6.45, 7) is 3.67. The molecule has 2 amide bonds. The molecule has 1 N–H and O–H groups in total. The fourth-order valence-corrected chi connectivity index (χ4v) is 2.56. The van der Waals surface area contributed by atoms with Gasteiger partial charge in [-0.05, 0) is 32.0 Å². The van der Waals surface area contributed by atoms with E-state index in [0.717, 1.165) is 16.7 Å². The van der Waals surface area contributed by atoms with Gasteiger partial charge in [-0.1, -0.05) is 0 Å². The number of hydrogen-bond donors (Lipinski definition) is 1. The summed E-state index contributed by atoms with van der Waals surface area (Å²) in [6, 6.07) is 4.89. The monoisotopic (exact) mass is 284 g/mol. The zero-order valence-corrected chi connectivity index (χ0v) is 11.9. The van der Waals surface area contributed by atoms with Crippen LogP contribution in [-0.2, 0) is 9.59 Å². The Hall–Kier alpha value is -2.50. The van der Waals surface area contributed by atoms with Gasteiger partial charge in [-0.3, -0.25) is 24.5 Å². The number of likely N-dealkylation sites (tertiary alicyclic amines) is 1. The summed E-state index contributed by atoms with van der Waals surface area (Å²) in [4.78, 5) is 33.9. The molecule has 3 rings (SSSR count). The van der Waals surface area contributed by atoms with E-state index in [-0.39, 0.29) is 24.3 Å². The van der Waals surface area contributed by atoms with Crippen LogP contribution in [0.4, 0.5) is 5.69 Å². The van der Waals surface area contributed by atoms with Crippen molar-refractivity contribution in [3.63, 3.8) is 0 Å². The highest BCUT2D eigenvalue weighted by Gasteiger charge is 2.39. The first kappa shape index (κ1) is 13.5. The fraction of sp³-hybridized carbons (Fsp3) is 0.333. The lowest BCUT2D eigenvalue weighted by atomic mass is 10.2. The smallest absolute Gasteiger partial charge is 0.252 e. The Labute approximate surface area is 122 Å². The molecule has 6 nitrogen and oxygen atoms in total. The number of nitrogens with zero attached hydrogens (tertiary/aromatic N) is 3. The molecule has 0 bridgehead atoms. The Morgan fingerprint density at radius 3 is 2.57 bits per heavy atom.